The number of anilines is 1. The molecule has 1 aromatic heterocycles. The zero-order valence-corrected chi connectivity index (χ0v) is 14.0. The van der Waals surface area contributed by atoms with Gasteiger partial charge < -0.3 is 5.32 Å². The lowest BCUT2D eigenvalue weighted by molar-refractivity contribution is 0.348. The van der Waals surface area contributed by atoms with Crippen molar-refractivity contribution in [3.63, 3.8) is 0 Å². The highest BCUT2D eigenvalue weighted by Crippen LogP contribution is 2.30. The molecule has 0 bridgehead atoms. The van der Waals surface area contributed by atoms with Gasteiger partial charge in [-0.05, 0) is 25.7 Å². The maximum atomic E-state index is 6.29. The van der Waals surface area contributed by atoms with Crippen LogP contribution in [0.4, 0.5) is 5.82 Å². The normalized spacial score (nSPS) is 23.7. The summed E-state index contributed by atoms with van der Waals surface area (Å²) >= 11 is 6.29. The van der Waals surface area contributed by atoms with E-state index < -0.39 is 0 Å². The van der Waals surface area contributed by atoms with Gasteiger partial charge in [0.1, 0.15) is 16.8 Å². The van der Waals surface area contributed by atoms with Gasteiger partial charge in [-0.1, -0.05) is 52.1 Å². The van der Waals surface area contributed by atoms with Crippen molar-refractivity contribution in [3.8, 4) is 0 Å². The van der Waals surface area contributed by atoms with E-state index in [2.05, 4.69) is 38.0 Å². The van der Waals surface area contributed by atoms with Crippen molar-refractivity contribution < 1.29 is 0 Å². The number of nitrogens with one attached hydrogen (secondary N) is 1. The van der Waals surface area contributed by atoms with Crippen molar-refractivity contribution in [2.45, 2.75) is 71.8 Å². The quantitative estimate of drug-likeness (QED) is 0.802. The van der Waals surface area contributed by atoms with E-state index in [9.17, 15) is 0 Å². The van der Waals surface area contributed by atoms with Crippen LogP contribution >= 0.6 is 11.6 Å². The Kier molecular flexibility index (Phi) is 4.58. The topological polar surface area (TPSA) is 37.8 Å². The number of hydrogen-bond donors (Lipinski definition) is 1. The van der Waals surface area contributed by atoms with Gasteiger partial charge in [0.25, 0.3) is 0 Å². The summed E-state index contributed by atoms with van der Waals surface area (Å²) in [5, 5.41) is 4.18. The molecule has 0 saturated heterocycles. The van der Waals surface area contributed by atoms with Gasteiger partial charge in [0.15, 0.2) is 0 Å². The molecule has 1 fully saturated rings. The molecule has 2 atom stereocenters. The lowest BCUT2D eigenvalue weighted by atomic mass is 9.86. The molecule has 112 valence electrons. The minimum atomic E-state index is -0.0913. The minimum Gasteiger partial charge on any atom is -0.367 e. The Bertz CT molecular complexity index is 479. The molecule has 4 heteroatoms. The van der Waals surface area contributed by atoms with Crippen molar-refractivity contribution >= 4 is 17.4 Å². The number of nitrogens with zero attached hydrogens (tertiary/aromatic N) is 2. The van der Waals surface area contributed by atoms with Gasteiger partial charge in [0.2, 0.25) is 0 Å². The zero-order chi connectivity index (χ0) is 14.9. The van der Waals surface area contributed by atoms with Crippen LogP contribution in [0.15, 0.2) is 0 Å². The molecule has 1 heterocycles. The van der Waals surface area contributed by atoms with Crippen molar-refractivity contribution in [3.05, 3.63) is 16.5 Å². The molecule has 0 aliphatic heterocycles. The molecule has 2 unspecified atom stereocenters. The van der Waals surface area contributed by atoms with E-state index in [4.69, 9.17) is 16.6 Å². The smallest absolute Gasteiger partial charge is 0.137 e. The van der Waals surface area contributed by atoms with E-state index in [0.717, 1.165) is 17.2 Å². The standard InChI is InChI=1S/C16H26ClN3/c1-10-8-6-7-9-12(10)18-14-11(2)13(17)19-15(20-14)16(3,4)5/h10,12H,6-9H2,1-5H3,(H,18,19,20). The predicted octanol–water partition coefficient (Wildman–Crippen LogP) is 4.73. The summed E-state index contributed by atoms with van der Waals surface area (Å²) in [6.45, 7) is 10.6. The zero-order valence-electron chi connectivity index (χ0n) is 13.3. The Hall–Kier alpha value is -0.830. The molecule has 0 radical (unpaired) electrons. The second kappa shape index (κ2) is 5.88. The highest BCUT2D eigenvalue weighted by Gasteiger charge is 2.25. The summed E-state index contributed by atoms with van der Waals surface area (Å²) in [4.78, 5) is 9.16. The molecule has 1 N–H and O–H groups in total. The van der Waals surface area contributed by atoms with Gasteiger partial charge in [-0.25, -0.2) is 9.97 Å². The lowest BCUT2D eigenvalue weighted by Gasteiger charge is -2.31. The van der Waals surface area contributed by atoms with Crippen molar-refractivity contribution in [1.29, 1.82) is 0 Å². The van der Waals surface area contributed by atoms with Gasteiger partial charge in [-0.15, -0.1) is 0 Å². The maximum Gasteiger partial charge on any atom is 0.137 e. The third-order valence-corrected chi connectivity index (χ3v) is 4.56. The molecule has 1 aliphatic carbocycles. The molecule has 20 heavy (non-hydrogen) atoms. The van der Waals surface area contributed by atoms with Crippen molar-refractivity contribution in [2.75, 3.05) is 5.32 Å². The lowest BCUT2D eigenvalue weighted by Crippen LogP contribution is -2.31. The summed E-state index contributed by atoms with van der Waals surface area (Å²) in [6, 6.07) is 0.501. The average Bonchev–Trinajstić information content (AvgIpc) is 2.36. The first kappa shape index (κ1) is 15.6. The fourth-order valence-electron chi connectivity index (χ4n) is 2.67. The molecule has 1 aliphatic rings. The first-order chi connectivity index (χ1) is 9.29. The predicted molar refractivity (Wildman–Crippen MR) is 85.5 cm³/mol. The van der Waals surface area contributed by atoms with E-state index >= 15 is 0 Å². The van der Waals surface area contributed by atoms with Crippen LogP contribution < -0.4 is 5.32 Å². The number of halogens is 1. The fourth-order valence-corrected chi connectivity index (χ4v) is 2.84. The molecule has 2 rings (SSSR count). The van der Waals surface area contributed by atoms with Crippen LogP contribution in [0.3, 0.4) is 0 Å². The molecule has 0 aromatic carbocycles. The van der Waals surface area contributed by atoms with Crippen LogP contribution in [-0.4, -0.2) is 16.0 Å². The summed E-state index contributed by atoms with van der Waals surface area (Å²) in [7, 11) is 0. The number of rotatable bonds is 2. The highest BCUT2D eigenvalue weighted by atomic mass is 35.5. The Balaban J connectivity index is 2.28. The summed E-state index contributed by atoms with van der Waals surface area (Å²) < 4.78 is 0. The SMILES string of the molecule is Cc1c(Cl)nc(C(C)(C)C)nc1NC1CCCCC1C. The molecular weight excluding hydrogens is 270 g/mol. The van der Waals surface area contributed by atoms with E-state index in [0.29, 0.717) is 17.1 Å². The number of hydrogen-bond acceptors (Lipinski definition) is 3. The molecule has 3 nitrogen and oxygen atoms in total. The van der Waals surface area contributed by atoms with E-state index in [1.807, 2.05) is 6.92 Å². The van der Waals surface area contributed by atoms with Crippen molar-refractivity contribution in [1.82, 2.24) is 9.97 Å². The Labute approximate surface area is 127 Å². The summed E-state index contributed by atoms with van der Waals surface area (Å²) in [6.07, 6.45) is 5.15. The molecule has 1 saturated carbocycles. The largest absolute Gasteiger partial charge is 0.367 e. The Morgan fingerprint density at radius 3 is 2.40 bits per heavy atom. The number of aromatic nitrogens is 2. The van der Waals surface area contributed by atoms with Gasteiger partial charge >= 0.3 is 0 Å². The van der Waals surface area contributed by atoms with Gasteiger partial charge in [0.05, 0.1) is 0 Å². The second-order valence-corrected chi connectivity index (χ2v) is 7.43. The maximum absolute atomic E-state index is 6.29. The van der Waals surface area contributed by atoms with Crippen LogP contribution in [-0.2, 0) is 5.41 Å². The van der Waals surface area contributed by atoms with E-state index in [-0.39, 0.29) is 5.41 Å². The van der Waals surface area contributed by atoms with E-state index in [1.165, 1.54) is 25.7 Å². The third-order valence-electron chi connectivity index (χ3n) is 4.19. The molecule has 0 spiro atoms. The van der Waals surface area contributed by atoms with Crippen LogP contribution in [0.5, 0.6) is 0 Å². The van der Waals surface area contributed by atoms with Crippen LogP contribution in [0.2, 0.25) is 5.15 Å². The van der Waals surface area contributed by atoms with Crippen LogP contribution in [0, 0.1) is 12.8 Å². The summed E-state index contributed by atoms with van der Waals surface area (Å²) in [5.74, 6) is 2.41. The first-order valence-electron chi connectivity index (χ1n) is 7.60. The molecule has 1 aromatic rings. The van der Waals surface area contributed by atoms with E-state index in [1.54, 1.807) is 0 Å². The van der Waals surface area contributed by atoms with Crippen molar-refractivity contribution in [2.24, 2.45) is 5.92 Å². The average molecular weight is 296 g/mol. The van der Waals surface area contributed by atoms with Crippen LogP contribution in [0.25, 0.3) is 0 Å². The van der Waals surface area contributed by atoms with Gasteiger partial charge in [-0.2, -0.15) is 0 Å². The Morgan fingerprint density at radius 2 is 1.80 bits per heavy atom. The highest BCUT2D eigenvalue weighted by molar-refractivity contribution is 6.30. The Morgan fingerprint density at radius 1 is 1.15 bits per heavy atom. The minimum absolute atomic E-state index is 0.0913. The third kappa shape index (κ3) is 3.43. The second-order valence-electron chi connectivity index (χ2n) is 7.07. The molecular formula is C16H26ClN3. The molecule has 0 amide bonds. The van der Waals surface area contributed by atoms with Crippen LogP contribution in [0.1, 0.15) is 64.8 Å². The monoisotopic (exact) mass is 295 g/mol. The fraction of sp³-hybridized carbons (Fsp3) is 0.750. The summed E-state index contributed by atoms with van der Waals surface area (Å²) in [5.41, 5.74) is 0.865. The van der Waals surface area contributed by atoms with Gasteiger partial charge in [-0.3, -0.25) is 0 Å². The first-order valence-corrected chi connectivity index (χ1v) is 7.98. The van der Waals surface area contributed by atoms with Gasteiger partial charge in [0, 0.05) is 17.0 Å².